The third-order valence-electron chi connectivity index (χ3n) is 2.87. The Morgan fingerprint density at radius 3 is 2.65 bits per heavy atom. The largest absolute Gasteiger partial charge is 0.491 e. The highest BCUT2D eigenvalue weighted by Crippen LogP contribution is 2.18. The molecule has 4 heteroatoms. The molecular formula is C16H27NO3. The maximum atomic E-state index is 9.84. The van der Waals surface area contributed by atoms with Crippen molar-refractivity contribution >= 4 is 0 Å². The van der Waals surface area contributed by atoms with Crippen molar-refractivity contribution in [2.45, 2.75) is 39.9 Å². The zero-order valence-electron chi connectivity index (χ0n) is 13.0. The minimum absolute atomic E-state index is 0.245. The molecule has 0 heterocycles. The van der Waals surface area contributed by atoms with Crippen LogP contribution in [0, 0.1) is 13.8 Å². The molecule has 20 heavy (non-hydrogen) atoms. The standard InChI is InChI=1S/C16H27NO3/c1-12(2)19-8-7-17-10-15(18)11-20-16-6-5-13(3)9-14(16)4/h5-6,9,12,15,17-18H,7-8,10-11H2,1-4H3. The number of rotatable bonds is 9. The Labute approximate surface area is 122 Å². The van der Waals surface area contributed by atoms with E-state index in [1.54, 1.807) is 0 Å². The number of aliphatic hydroxyl groups is 1. The van der Waals surface area contributed by atoms with Crippen LogP contribution in [-0.2, 0) is 4.74 Å². The summed E-state index contributed by atoms with van der Waals surface area (Å²) in [5.74, 6) is 0.831. The van der Waals surface area contributed by atoms with Crippen molar-refractivity contribution in [1.82, 2.24) is 5.32 Å². The van der Waals surface area contributed by atoms with Gasteiger partial charge in [0, 0.05) is 13.1 Å². The lowest BCUT2D eigenvalue weighted by atomic mass is 10.1. The zero-order valence-corrected chi connectivity index (χ0v) is 13.0. The summed E-state index contributed by atoms with van der Waals surface area (Å²) in [5, 5.41) is 13.0. The van der Waals surface area contributed by atoms with E-state index in [-0.39, 0.29) is 6.10 Å². The number of hydrogen-bond acceptors (Lipinski definition) is 4. The van der Waals surface area contributed by atoms with Gasteiger partial charge in [-0.15, -0.1) is 0 Å². The Balaban J connectivity index is 2.18. The highest BCUT2D eigenvalue weighted by Gasteiger charge is 2.06. The fourth-order valence-electron chi connectivity index (χ4n) is 1.84. The third kappa shape index (κ3) is 6.89. The van der Waals surface area contributed by atoms with Gasteiger partial charge >= 0.3 is 0 Å². The van der Waals surface area contributed by atoms with Crippen LogP contribution in [0.4, 0.5) is 0 Å². The maximum absolute atomic E-state index is 9.84. The Hall–Kier alpha value is -1.10. The molecular weight excluding hydrogens is 254 g/mol. The lowest BCUT2D eigenvalue weighted by Crippen LogP contribution is -2.33. The average Bonchev–Trinajstić information content (AvgIpc) is 2.37. The van der Waals surface area contributed by atoms with Gasteiger partial charge in [0.2, 0.25) is 0 Å². The van der Waals surface area contributed by atoms with Gasteiger partial charge in [-0.1, -0.05) is 17.7 Å². The molecule has 0 saturated heterocycles. The summed E-state index contributed by atoms with van der Waals surface area (Å²) in [7, 11) is 0. The van der Waals surface area contributed by atoms with E-state index in [2.05, 4.69) is 18.3 Å². The number of nitrogens with one attached hydrogen (secondary N) is 1. The van der Waals surface area contributed by atoms with Crippen molar-refractivity contribution in [3.05, 3.63) is 29.3 Å². The molecule has 1 rings (SSSR count). The molecule has 0 aliphatic rings. The molecule has 0 aromatic heterocycles. The van der Waals surface area contributed by atoms with Gasteiger partial charge in [0.05, 0.1) is 12.7 Å². The first-order valence-corrected chi connectivity index (χ1v) is 7.19. The van der Waals surface area contributed by atoms with Gasteiger partial charge in [0.1, 0.15) is 18.5 Å². The van der Waals surface area contributed by atoms with Crippen molar-refractivity contribution in [3.63, 3.8) is 0 Å². The molecule has 2 N–H and O–H groups in total. The molecule has 0 aliphatic heterocycles. The van der Waals surface area contributed by atoms with E-state index < -0.39 is 6.10 Å². The molecule has 0 saturated carbocycles. The summed E-state index contributed by atoms with van der Waals surface area (Å²) in [6, 6.07) is 6.03. The smallest absolute Gasteiger partial charge is 0.122 e. The van der Waals surface area contributed by atoms with E-state index in [0.717, 1.165) is 17.9 Å². The fraction of sp³-hybridized carbons (Fsp3) is 0.625. The summed E-state index contributed by atoms with van der Waals surface area (Å²) in [6.45, 7) is 10.3. The van der Waals surface area contributed by atoms with E-state index >= 15 is 0 Å². The first-order valence-electron chi connectivity index (χ1n) is 7.19. The van der Waals surface area contributed by atoms with Gasteiger partial charge in [0.25, 0.3) is 0 Å². The van der Waals surface area contributed by atoms with Crippen LogP contribution in [-0.4, -0.2) is 43.6 Å². The van der Waals surface area contributed by atoms with Crippen LogP contribution in [0.5, 0.6) is 5.75 Å². The van der Waals surface area contributed by atoms with Gasteiger partial charge in [-0.2, -0.15) is 0 Å². The van der Waals surface area contributed by atoms with E-state index in [0.29, 0.717) is 19.8 Å². The van der Waals surface area contributed by atoms with E-state index in [9.17, 15) is 5.11 Å². The second-order valence-corrected chi connectivity index (χ2v) is 5.36. The van der Waals surface area contributed by atoms with Crippen LogP contribution >= 0.6 is 0 Å². The number of benzene rings is 1. The lowest BCUT2D eigenvalue weighted by Gasteiger charge is -2.15. The first-order chi connectivity index (χ1) is 9.49. The van der Waals surface area contributed by atoms with Crippen molar-refractivity contribution in [2.24, 2.45) is 0 Å². The summed E-state index contributed by atoms with van der Waals surface area (Å²) in [5.41, 5.74) is 2.30. The average molecular weight is 281 g/mol. The summed E-state index contributed by atoms with van der Waals surface area (Å²) >= 11 is 0. The van der Waals surface area contributed by atoms with Gasteiger partial charge in [-0.3, -0.25) is 0 Å². The van der Waals surface area contributed by atoms with Crippen molar-refractivity contribution in [1.29, 1.82) is 0 Å². The first kappa shape index (κ1) is 17.0. The summed E-state index contributed by atoms with van der Waals surface area (Å²) < 4.78 is 11.0. The van der Waals surface area contributed by atoms with E-state index in [1.165, 1.54) is 5.56 Å². The second kappa shape index (κ2) is 8.95. The normalized spacial score (nSPS) is 12.7. The van der Waals surface area contributed by atoms with Gasteiger partial charge in [-0.05, 0) is 39.3 Å². The predicted molar refractivity (Wildman–Crippen MR) is 81.4 cm³/mol. The molecule has 0 amide bonds. The maximum Gasteiger partial charge on any atom is 0.122 e. The molecule has 114 valence electrons. The van der Waals surface area contributed by atoms with E-state index in [4.69, 9.17) is 9.47 Å². The van der Waals surface area contributed by atoms with Crippen LogP contribution in [0.1, 0.15) is 25.0 Å². The zero-order chi connectivity index (χ0) is 15.0. The third-order valence-corrected chi connectivity index (χ3v) is 2.87. The van der Waals surface area contributed by atoms with Crippen LogP contribution in [0.2, 0.25) is 0 Å². The molecule has 0 radical (unpaired) electrons. The molecule has 0 spiro atoms. The van der Waals surface area contributed by atoms with Crippen LogP contribution in [0.15, 0.2) is 18.2 Å². The number of hydrogen-bond donors (Lipinski definition) is 2. The molecule has 0 fully saturated rings. The summed E-state index contributed by atoms with van der Waals surface area (Å²) in [6.07, 6.45) is -0.274. The highest BCUT2D eigenvalue weighted by atomic mass is 16.5. The van der Waals surface area contributed by atoms with E-state index in [1.807, 2.05) is 32.9 Å². The van der Waals surface area contributed by atoms with Crippen molar-refractivity contribution in [2.75, 3.05) is 26.3 Å². The predicted octanol–water partition coefficient (Wildman–Crippen LogP) is 2.06. The van der Waals surface area contributed by atoms with Crippen molar-refractivity contribution in [3.8, 4) is 5.75 Å². The fourth-order valence-corrected chi connectivity index (χ4v) is 1.84. The lowest BCUT2D eigenvalue weighted by molar-refractivity contribution is 0.0735. The van der Waals surface area contributed by atoms with Crippen LogP contribution in [0.25, 0.3) is 0 Å². The molecule has 1 atom stereocenters. The minimum Gasteiger partial charge on any atom is -0.491 e. The van der Waals surface area contributed by atoms with Crippen molar-refractivity contribution < 1.29 is 14.6 Å². The topological polar surface area (TPSA) is 50.7 Å². The Bertz CT molecular complexity index is 393. The van der Waals surface area contributed by atoms with Gasteiger partial charge in [-0.25, -0.2) is 0 Å². The molecule has 1 aromatic carbocycles. The highest BCUT2D eigenvalue weighted by molar-refractivity contribution is 5.35. The monoisotopic (exact) mass is 281 g/mol. The second-order valence-electron chi connectivity index (χ2n) is 5.36. The minimum atomic E-state index is -0.519. The Morgan fingerprint density at radius 2 is 2.00 bits per heavy atom. The molecule has 0 aliphatic carbocycles. The SMILES string of the molecule is Cc1ccc(OCC(O)CNCCOC(C)C)c(C)c1. The number of aryl methyl sites for hydroxylation is 2. The van der Waals surface area contributed by atoms with Crippen LogP contribution < -0.4 is 10.1 Å². The van der Waals surface area contributed by atoms with Gasteiger partial charge < -0.3 is 19.9 Å². The Kier molecular flexibility index (Phi) is 7.59. The number of ether oxygens (including phenoxy) is 2. The quantitative estimate of drug-likeness (QED) is 0.680. The molecule has 1 aromatic rings. The molecule has 0 bridgehead atoms. The Morgan fingerprint density at radius 1 is 1.25 bits per heavy atom. The number of aliphatic hydroxyl groups excluding tert-OH is 1. The summed E-state index contributed by atoms with van der Waals surface area (Å²) in [4.78, 5) is 0. The van der Waals surface area contributed by atoms with Gasteiger partial charge in [0.15, 0.2) is 0 Å². The molecule has 4 nitrogen and oxygen atoms in total. The van der Waals surface area contributed by atoms with Crippen LogP contribution in [0.3, 0.4) is 0 Å². The molecule has 1 unspecified atom stereocenters.